The SMILES string of the molecule is [O]=[Ni][Co](=[O])[Zn]=[O].[O]=[Ti]. The average molecular weight is 295 g/mol. The predicted molar refractivity (Wildman–Crippen MR) is 2.75 cm³/mol. The first-order valence-corrected chi connectivity index (χ1v) is 10.3. The molecule has 0 aromatic heterocycles. The van der Waals surface area contributed by atoms with Gasteiger partial charge in [0.15, 0.2) is 0 Å². The van der Waals surface area contributed by atoms with E-state index in [0.717, 1.165) is 20.4 Å². The molecule has 0 heterocycles. The second-order valence-electron chi connectivity index (χ2n) is 0.353. The summed E-state index contributed by atoms with van der Waals surface area (Å²) in [5, 5.41) is 0. The van der Waals surface area contributed by atoms with Crippen molar-refractivity contribution in [2.75, 3.05) is 0 Å². The van der Waals surface area contributed by atoms with Crippen molar-refractivity contribution in [3.8, 4) is 0 Å². The first-order valence-electron chi connectivity index (χ1n) is 1.10. The van der Waals surface area contributed by atoms with Gasteiger partial charge >= 0.3 is 72.5 Å². The van der Waals surface area contributed by atoms with Gasteiger partial charge in [-0.3, -0.25) is 0 Å². The summed E-state index contributed by atoms with van der Waals surface area (Å²) < 4.78 is 36.9. The number of hydrogen-bond donors (Lipinski definition) is 0. The Bertz CT molecular complexity index is 94.2. The Morgan fingerprint density at radius 1 is 1.50 bits per heavy atom. The van der Waals surface area contributed by atoms with E-state index >= 15 is 0 Å². The molecule has 4 nitrogen and oxygen atoms in total. The van der Waals surface area contributed by atoms with Crippen molar-refractivity contribution in [3.63, 3.8) is 0 Å². The first-order chi connectivity index (χ1) is 3.81. The van der Waals surface area contributed by atoms with E-state index in [2.05, 4.69) is 0 Å². The van der Waals surface area contributed by atoms with E-state index in [1.54, 1.807) is 0 Å². The molecule has 0 rings (SSSR count). The second-order valence-corrected chi connectivity index (χ2v) is 12.2. The third-order valence-electron chi connectivity index (χ3n) is 0.118. The minimum atomic E-state index is -2.09. The van der Waals surface area contributed by atoms with Crippen molar-refractivity contribution < 1.29 is 72.5 Å². The molecule has 0 aromatic carbocycles. The molecule has 8 heavy (non-hydrogen) atoms. The fourth-order valence-corrected chi connectivity index (χ4v) is 1.10. The first kappa shape index (κ1) is 12.2. The Labute approximate surface area is 71.6 Å². The summed E-state index contributed by atoms with van der Waals surface area (Å²) in [7, 11) is -1.79. The molecule has 0 N–H and O–H groups in total. The van der Waals surface area contributed by atoms with Crippen LogP contribution in [0.1, 0.15) is 0 Å². The summed E-state index contributed by atoms with van der Waals surface area (Å²) in [5.74, 6) is 0. The Morgan fingerprint density at radius 3 is 1.88 bits per heavy atom. The molecule has 8 heteroatoms. The molecule has 0 aliphatic rings. The van der Waals surface area contributed by atoms with E-state index in [1.165, 1.54) is 0 Å². The van der Waals surface area contributed by atoms with Crippen LogP contribution in [-0.2, 0) is 72.5 Å². The number of rotatable bonds is 2. The fraction of sp³-hybridized carbons (Fsp3) is 0. The molecule has 0 unspecified atom stereocenters. The van der Waals surface area contributed by atoms with Crippen LogP contribution >= 0.6 is 0 Å². The molecule has 0 radical (unpaired) electrons. The van der Waals surface area contributed by atoms with Crippen molar-refractivity contribution in [1.29, 1.82) is 0 Å². The van der Waals surface area contributed by atoms with Crippen molar-refractivity contribution in [2.24, 2.45) is 0 Å². The van der Waals surface area contributed by atoms with E-state index in [4.69, 9.17) is 3.32 Å². The molecular formula is CoNiO4TiZn. The predicted octanol–water partition coefficient (Wildman–Crippen LogP) is -0.485. The van der Waals surface area contributed by atoms with Crippen LogP contribution in [0.5, 0.6) is 0 Å². The molecule has 0 saturated carbocycles. The maximum atomic E-state index is 9.76. The Balaban J connectivity index is 0. The molecule has 0 bridgehead atoms. The third kappa shape index (κ3) is 10.5. The van der Waals surface area contributed by atoms with Gasteiger partial charge in [-0.1, -0.05) is 0 Å². The van der Waals surface area contributed by atoms with Crippen molar-refractivity contribution in [2.45, 2.75) is 0 Å². The van der Waals surface area contributed by atoms with E-state index in [9.17, 15) is 11.3 Å². The molecule has 0 saturated heterocycles. The molecule has 0 spiro atoms. The van der Waals surface area contributed by atoms with Gasteiger partial charge in [-0.05, 0) is 0 Å². The summed E-state index contributed by atoms with van der Waals surface area (Å²) in [5.41, 5.74) is 0. The van der Waals surface area contributed by atoms with Crippen LogP contribution in [0.15, 0.2) is 0 Å². The van der Waals surface area contributed by atoms with Crippen molar-refractivity contribution >= 4 is 0 Å². The summed E-state index contributed by atoms with van der Waals surface area (Å²) in [6.45, 7) is 0. The topological polar surface area (TPSA) is 68.3 Å². The molecule has 49 valence electrons. The fourth-order valence-electron chi connectivity index (χ4n) is 0.0124. The summed E-state index contributed by atoms with van der Waals surface area (Å²) in [4.78, 5) is 0. The van der Waals surface area contributed by atoms with E-state index in [1.807, 2.05) is 0 Å². The van der Waals surface area contributed by atoms with E-state index in [0.29, 0.717) is 0 Å². The van der Waals surface area contributed by atoms with Gasteiger partial charge in [0.25, 0.3) is 0 Å². The zero-order valence-electron chi connectivity index (χ0n) is 3.49. The van der Waals surface area contributed by atoms with Crippen LogP contribution < -0.4 is 0 Å². The zero-order chi connectivity index (χ0) is 6.99. The van der Waals surface area contributed by atoms with Gasteiger partial charge in [0.05, 0.1) is 0 Å². The maximum absolute atomic E-state index is 9.76. The standard InChI is InChI=1S/Co.Ni.4O.Ti.Zn. The van der Waals surface area contributed by atoms with Crippen LogP contribution in [0.4, 0.5) is 0 Å². The van der Waals surface area contributed by atoms with Crippen LogP contribution in [-0.4, -0.2) is 0 Å². The summed E-state index contributed by atoms with van der Waals surface area (Å²) in [6, 6.07) is 0. The Hall–Kier alpha value is 1.54. The van der Waals surface area contributed by atoms with Crippen molar-refractivity contribution in [3.05, 3.63) is 0 Å². The zero-order valence-corrected chi connectivity index (χ0v) is 10.0. The molecule has 0 aliphatic carbocycles. The minimum absolute atomic E-state index is 0.196. The second kappa shape index (κ2) is 11.3. The number of hydrogen-bond acceptors (Lipinski definition) is 4. The normalized spacial score (nSPS) is 8.12. The van der Waals surface area contributed by atoms with Crippen LogP contribution in [0.2, 0.25) is 0 Å². The molecule has 0 fully saturated rings. The van der Waals surface area contributed by atoms with Gasteiger partial charge in [0.2, 0.25) is 0 Å². The molecular weight excluding hydrogens is 295 g/mol. The van der Waals surface area contributed by atoms with Gasteiger partial charge in [-0.2, -0.15) is 0 Å². The quantitative estimate of drug-likeness (QED) is 0.645. The van der Waals surface area contributed by atoms with Gasteiger partial charge < -0.3 is 0 Å². The average Bonchev–Trinajstić information content (AvgIpc) is 1.91. The Kier molecular flexibility index (Phi) is 17.4. The van der Waals surface area contributed by atoms with Gasteiger partial charge in [0.1, 0.15) is 0 Å². The van der Waals surface area contributed by atoms with Crippen LogP contribution in [0.25, 0.3) is 0 Å². The van der Waals surface area contributed by atoms with E-state index < -0.39 is 24.8 Å². The third-order valence-corrected chi connectivity index (χ3v) is 6.52. The van der Waals surface area contributed by atoms with Crippen molar-refractivity contribution in [1.82, 2.24) is 0 Å². The Morgan fingerprint density at radius 2 is 1.88 bits per heavy atom. The van der Waals surface area contributed by atoms with Crippen LogP contribution in [0, 0.1) is 0 Å². The summed E-state index contributed by atoms with van der Waals surface area (Å²) in [6.07, 6.45) is 0. The van der Waals surface area contributed by atoms with Gasteiger partial charge in [-0.25, -0.2) is 0 Å². The van der Waals surface area contributed by atoms with Gasteiger partial charge in [-0.15, -0.1) is 0 Å². The van der Waals surface area contributed by atoms with Crippen LogP contribution in [0.3, 0.4) is 0 Å². The monoisotopic (exact) mass is 293 g/mol. The van der Waals surface area contributed by atoms with Gasteiger partial charge in [0, 0.05) is 0 Å². The molecule has 0 aromatic rings. The van der Waals surface area contributed by atoms with E-state index in [-0.39, 0.29) is 12.6 Å². The summed E-state index contributed by atoms with van der Waals surface area (Å²) >= 11 is -1.54. The molecule has 0 amide bonds. The molecule has 0 atom stereocenters. The molecule has 0 aliphatic heterocycles.